The molecular formula is C13H23NO4. The van der Waals surface area contributed by atoms with E-state index in [-0.39, 0.29) is 17.7 Å². The normalized spacial score (nSPS) is 20.4. The number of hydrogen-bond donors (Lipinski definition) is 2. The van der Waals surface area contributed by atoms with E-state index in [1.165, 1.54) is 0 Å². The van der Waals surface area contributed by atoms with Crippen LogP contribution in [0, 0.1) is 17.8 Å². The molecule has 1 amide bonds. The molecule has 1 unspecified atom stereocenters. The van der Waals surface area contributed by atoms with Crippen LogP contribution in [0.3, 0.4) is 0 Å². The fourth-order valence-corrected chi connectivity index (χ4v) is 2.23. The summed E-state index contributed by atoms with van der Waals surface area (Å²) < 4.78 is 5.26. The molecule has 1 heterocycles. The highest BCUT2D eigenvalue weighted by atomic mass is 16.5. The summed E-state index contributed by atoms with van der Waals surface area (Å²) in [6, 6.07) is -0.806. The first-order chi connectivity index (χ1) is 8.43. The van der Waals surface area contributed by atoms with Crippen molar-refractivity contribution in [1.82, 2.24) is 5.32 Å². The van der Waals surface area contributed by atoms with E-state index in [1.54, 1.807) is 13.8 Å². The van der Waals surface area contributed by atoms with E-state index < -0.39 is 12.0 Å². The quantitative estimate of drug-likeness (QED) is 0.778. The standard InChI is InChI=1S/C13H23NO4/c1-8(2)11(13(16)17)14-12(15)9(3)10-4-6-18-7-5-10/h8-11H,4-7H2,1-3H3,(H,14,15)(H,16,17)/t9?,11-/m0/s1. The minimum atomic E-state index is -0.975. The molecule has 2 atom stereocenters. The summed E-state index contributed by atoms with van der Waals surface area (Å²) >= 11 is 0. The van der Waals surface area contributed by atoms with Crippen molar-refractivity contribution in [2.45, 2.75) is 39.7 Å². The Morgan fingerprint density at radius 1 is 1.22 bits per heavy atom. The second-order valence-electron chi connectivity index (χ2n) is 5.31. The minimum absolute atomic E-state index is 0.117. The average Bonchev–Trinajstić information content (AvgIpc) is 2.35. The lowest BCUT2D eigenvalue weighted by Crippen LogP contribution is -2.47. The van der Waals surface area contributed by atoms with E-state index in [1.807, 2.05) is 6.92 Å². The van der Waals surface area contributed by atoms with Gasteiger partial charge >= 0.3 is 5.97 Å². The Morgan fingerprint density at radius 3 is 2.22 bits per heavy atom. The summed E-state index contributed by atoms with van der Waals surface area (Å²) in [5.41, 5.74) is 0. The van der Waals surface area contributed by atoms with Crippen LogP contribution in [0.4, 0.5) is 0 Å². The first-order valence-electron chi connectivity index (χ1n) is 6.54. The van der Waals surface area contributed by atoms with Crippen molar-refractivity contribution in [2.75, 3.05) is 13.2 Å². The molecule has 0 aromatic rings. The maximum Gasteiger partial charge on any atom is 0.326 e. The van der Waals surface area contributed by atoms with Gasteiger partial charge in [0.25, 0.3) is 0 Å². The van der Waals surface area contributed by atoms with Crippen molar-refractivity contribution in [1.29, 1.82) is 0 Å². The van der Waals surface area contributed by atoms with Crippen LogP contribution in [-0.2, 0) is 14.3 Å². The highest BCUT2D eigenvalue weighted by Crippen LogP contribution is 2.23. The molecule has 104 valence electrons. The Kier molecular flexibility index (Phi) is 5.59. The van der Waals surface area contributed by atoms with Crippen molar-refractivity contribution < 1.29 is 19.4 Å². The van der Waals surface area contributed by atoms with Crippen LogP contribution in [-0.4, -0.2) is 36.2 Å². The summed E-state index contributed by atoms with van der Waals surface area (Å²) in [7, 11) is 0. The maximum atomic E-state index is 12.0. The van der Waals surface area contributed by atoms with Crippen molar-refractivity contribution in [3.63, 3.8) is 0 Å². The Balaban J connectivity index is 2.54. The lowest BCUT2D eigenvalue weighted by atomic mass is 9.86. The molecular weight excluding hydrogens is 234 g/mol. The fourth-order valence-electron chi connectivity index (χ4n) is 2.23. The molecule has 5 heteroatoms. The van der Waals surface area contributed by atoms with Crippen LogP contribution in [0.25, 0.3) is 0 Å². The third kappa shape index (κ3) is 3.98. The molecule has 5 nitrogen and oxygen atoms in total. The zero-order valence-corrected chi connectivity index (χ0v) is 11.3. The molecule has 1 saturated heterocycles. The number of nitrogens with one attached hydrogen (secondary N) is 1. The number of amides is 1. The van der Waals surface area contributed by atoms with Gasteiger partial charge in [-0.15, -0.1) is 0 Å². The van der Waals surface area contributed by atoms with Crippen LogP contribution >= 0.6 is 0 Å². The summed E-state index contributed by atoms with van der Waals surface area (Å²) in [4.78, 5) is 23.1. The Labute approximate surface area is 108 Å². The van der Waals surface area contributed by atoms with Crippen LogP contribution in [0.5, 0.6) is 0 Å². The molecule has 0 saturated carbocycles. The molecule has 1 fully saturated rings. The van der Waals surface area contributed by atoms with E-state index in [0.29, 0.717) is 19.1 Å². The van der Waals surface area contributed by atoms with Crippen LogP contribution in [0.1, 0.15) is 33.6 Å². The first-order valence-corrected chi connectivity index (χ1v) is 6.54. The average molecular weight is 257 g/mol. The first kappa shape index (κ1) is 15.0. The number of rotatable bonds is 5. The van der Waals surface area contributed by atoms with Gasteiger partial charge in [-0.2, -0.15) is 0 Å². The van der Waals surface area contributed by atoms with E-state index in [9.17, 15) is 9.59 Å². The van der Waals surface area contributed by atoms with E-state index >= 15 is 0 Å². The molecule has 0 radical (unpaired) electrons. The van der Waals surface area contributed by atoms with Gasteiger partial charge in [0.1, 0.15) is 6.04 Å². The molecule has 0 aromatic heterocycles. The van der Waals surface area contributed by atoms with Gasteiger partial charge in [-0.3, -0.25) is 4.79 Å². The Bertz CT molecular complexity index is 297. The maximum absolute atomic E-state index is 12.0. The lowest BCUT2D eigenvalue weighted by Gasteiger charge is -2.28. The summed E-state index contributed by atoms with van der Waals surface area (Å²) in [6.45, 7) is 6.82. The molecule has 0 spiro atoms. The highest BCUT2D eigenvalue weighted by Gasteiger charge is 2.30. The number of carbonyl (C=O) groups excluding carboxylic acids is 1. The number of carboxylic acid groups (broad SMARTS) is 1. The van der Waals surface area contributed by atoms with Gasteiger partial charge in [0.05, 0.1) is 0 Å². The van der Waals surface area contributed by atoms with E-state index in [4.69, 9.17) is 9.84 Å². The zero-order valence-electron chi connectivity index (χ0n) is 11.3. The van der Waals surface area contributed by atoms with Crippen molar-refractivity contribution in [3.8, 4) is 0 Å². The SMILES string of the molecule is CC(C(=O)N[C@H](C(=O)O)C(C)C)C1CCOCC1. The third-order valence-corrected chi connectivity index (χ3v) is 3.62. The van der Waals surface area contributed by atoms with Crippen LogP contribution < -0.4 is 5.32 Å². The van der Waals surface area contributed by atoms with E-state index in [2.05, 4.69) is 5.32 Å². The molecule has 1 aliphatic heterocycles. The third-order valence-electron chi connectivity index (χ3n) is 3.62. The predicted octanol–water partition coefficient (Wildman–Crippen LogP) is 1.27. The van der Waals surface area contributed by atoms with Crippen molar-refractivity contribution in [3.05, 3.63) is 0 Å². The smallest absolute Gasteiger partial charge is 0.326 e. The van der Waals surface area contributed by atoms with Crippen molar-refractivity contribution >= 4 is 11.9 Å². The second kappa shape index (κ2) is 6.73. The van der Waals surface area contributed by atoms with E-state index in [0.717, 1.165) is 12.8 Å². The summed E-state index contributed by atoms with van der Waals surface area (Å²) in [5.74, 6) is -1.12. The van der Waals surface area contributed by atoms with Gasteiger partial charge in [0.2, 0.25) is 5.91 Å². The van der Waals surface area contributed by atoms with Gasteiger partial charge in [-0.05, 0) is 24.7 Å². The summed E-state index contributed by atoms with van der Waals surface area (Å²) in [6.07, 6.45) is 1.74. The van der Waals surface area contributed by atoms with Gasteiger partial charge in [0.15, 0.2) is 0 Å². The lowest BCUT2D eigenvalue weighted by molar-refractivity contribution is -0.144. The molecule has 0 bridgehead atoms. The molecule has 1 aliphatic rings. The number of hydrogen-bond acceptors (Lipinski definition) is 3. The predicted molar refractivity (Wildman–Crippen MR) is 67.1 cm³/mol. The van der Waals surface area contributed by atoms with Gasteiger partial charge in [-0.25, -0.2) is 4.79 Å². The topological polar surface area (TPSA) is 75.6 Å². The zero-order chi connectivity index (χ0) is 13.7. The second-order valence-corrected chi connectivity index (χ2v) is 5.31. The Morgan fingerprint density at radius 2 is 1.78 bits per heavy atom. The van der Waals surface area contributed by atoms with Gasteiger partial charge in [-0.1, -0.05) is 20.8 Å². The minimum Gasteiger partial charge on any atom is -0.480 e. The highest BCUT2D eigenvalue weighted by molar-refractivity contribution is 5.85. The van der Waals surface area contributed by atoms with Crippen molar-refractivity contribution in [2.24, 2.45) is 17.8 Å². The molecule has 0 aliphatic carbocycles. The Hall–Kier alpha value is -1.10. The number of aliphatic carboxylic acids is 1. The fraction of sp³-hybridized carbons (Fsp3) is 0.846. The molecule has 0 aromatic carbocycles. The number of carboxylic acids is 1. The van der Waals surface area contributed by atoms with Crippen LogP contribution in [0.2, 0.25) is 0 Å². The number of carbonyl (C=O) groups is 2. The molecule has 2 N–H and O–H groups in total. The van der Waals surface area contributed by atoms with Crippen LogP contribution in [0.15, 0.2) is 0 Å². The largest absolute Gasteiger partial charge is 0.480 e. The number of ether oxygens (including phenoxy) is 1. The molecule has 1 rings (SSSR count). The monoisotopic (exact) mass is 257 g/mol. The van der Waals surface area contributed by atoms with Gasteiger partial charge in [0, 0.05) is 19.1 Å². The van der Waals surface area contributed by atoms with Gasteiger partial charge < -0.3 is 15.2 Å². The summed E-state index contributed by atoms with van der Waals surface area (Å²) in [5, 5.41) is 11.7. The molecule has 18 heavy (non-hydrogen) atoms.